The second-order valence-electron chi connectivity index (χ2n) is 4.84. The predicted molar refractivity (Wildman–Crippen MR) is 72.6 cm³/mol. The molecule has 2 unspecified atom stereocenters. The van der Waals surface area contributed by atoms with Gasteiger partial charge in [-0.15, -0.1) is 0 Å². The molecule has 1 aliphatic heterocycles. The molecule has 0 radical (unpaired) electrons. The van der Waals surface area contributed by atoms with Crippen LogP contribution in [0, 0.1) is 0 Å². The molecule has 5 heteroatoms. The average molecular weight is 257 g/mol. The van der Waals surface area contributed by atoms with E-state index in [9.17, 15) is 4.79 Å². The fraction of sp³-hybridized carbons (Fsp3) is 0.923. The third-order valence-electron chi connectivity index (χ3n) is 3.69. The van der Waals surface area contributed by atoms with Gasteiger partial charge < -0.3 is 15.0 Å². The Morgan fingerprint density at radius 3 is 2.61 bits per heavy atom. The highest BCUT2D eigenvalue weighted by Gasteiger charge is 2.25. The Balaban J connectivity index is 2.42. The largest absolute Gasteiger partial charge is 0.374 e. The van der Waals surface area contributed by atoms with Gasteiger partial charge in [-0.2, -0.15) is 0 Å². The van der Waals surface area contributed by atoms with E-state index in [1.807, 2.05) is 25.8 Å². The summed E-state index contributed by atoms with van der Waals surface area (Å²) in [6.07, 6.45) is 0.174. The van der Waals surface area contributed by atoms with E-state index < -0.39 is 0 Å². The molecule has 1 amide bonds. The van der Waals surface area contributed by atoms with Crippen LogP contribution >= 0.6 is 0 Å². The van der Waals surface area contributed by atoms with Crippen molar-refractivity contribution in [2.45, 2.75) is 32.9 Å². The number of nitrogens with zero attached hydrogens (tertiary/aromatic N) is 2. The zero-order valence-electron chi connectivity index (χ0n) is 12.1. The molecular formula is C13H27N3O2. The molecule has 2 atom stereocenters. The van der Waals surface area contributed by atoms with Crippen LogP contribution in [-0.4, -0.2) is 74.2 Å². The molecule has 0 aliphatic carbocycles. The molecule has 1 aliphatic rings. The molecule has 1 rings (SSSR count). The minimum Gasteiger partial charge on any atom is -0.374 e. The molecule has 1 N–H and O–H groups in total. The zero-order valence-corrected chi connectivity index (χ0v) is 12.1. The lowest BCUT2D eigenvalue weighted by atomic mass is 10.1. The van der Waals surface area contributed by atoms with Gasteiger partial charge in [0.1, 0.15) is 0 Å². The number of hydrogen-bond acceptors (Lipinski definition) is 4. The van der Waals surface area contributed by atoms with Gasteiger partial charge in [0.25, 0.3) is 0 Å². The van der Waals surface area contributed by atoms with Gasteiger partial charge in [0.2, 0.25) is 5.91 Å². The van der Waals surface area contributed by atoms with E-state index in [0.717, 1.165) is 32.8 Å². The maximum atomic E-state index is 12.0. The van der Waals surface area contributed by atoms with Gasteiger partial charge in [-0.25, -0.2) is 0 Å². The van der Waals surface area contributed by atoms with Crippen LogP contribution in [0.4, 0.5) is 0 Å². The van der Waals surface area contributed by atoms with Crippen molar-refractivity contribution < 1.29 is 9.53 Å². The Hall–Kier alpha value is -0.650. The van der Waals surface area contributed by atoms with E-state index in [-0.39, 0.29) is 18.1 Å². The van der Waals surface area contributed by atoms with Gasteiger partial charge in [0, 0.05) is 32.2 Å². The molecule has 0 aromatic heterocycles. The summed E-state index contributed by atoms with van der Waals surface area (Å²) in [4.78, 5) is 16.0. The minimum atomic E-state index is 0.174. The SMILES string of the molecule is CCN(CC)C(=O)CN(C)C(C)C1CNCCO1. The first-order chi connectivity index (χ1) is 8.60. The Bertz CT molecular complexity index is 251. The van der Waals surface area contributed by atoms with E-state index >= 15 is 0 Å². The van der Waals surface area contributed by atoms with Crippen molar-refractivity contribution in [3.05, 3.63) is 0 Å². The smallest absolute Gasteiger partial charge is 0.236 e. The highest BCUT2D eigenvalue weighted by Crippen LogP contribution is 2.08. The molecular weight excluding hydrogens is 230 g/mol. The van der Waals surface area contributed by atoms with Crippen molar-refractivity contribution in [3.8, 4) is 0 Å². The van der Waals surface area contributed by atoms with Gasteiger partial charge in [0.05, 0.1) is 19.3 Å². The highest BCUT2D eigenvalue weighted by molar-refractivity contribution is 5.78. The fourth-order valence-electron chi connectivity index (χ4n) is 2.21. The van der Waals surface area contributed by atoms with E-state index in [4.69, 9.17) is 4.74 Å². The van der Waals surface area contributed by atoms with Crippen LogP contribution in [0.15, 0.2) is 0 Å². The van der Waals surface area contributed by atoms with Crippen LogP contribution in [-0.2, 0) is 9.53 Å². The Labute approximate surface area is 110 Å². The summed E-state index contributed by atoms with van der Waals surface area (Å²) in [6.45, 7) is 10.7. The lowest BCUT2D eigenvalue weighted by molar-refractivity contribution is -0.133. The Morgan fingerprint density at radius 2 is 2.11 bits per heavy atom. The third kappa shape index (κ3) is 4.23. The number of rotatable bonds is 6. The molecule has 18 heavy (non-hydrogen) atoms. The molecule has 0 spiro atoms. The fourth-order valence-corrected chi connectivity index (χ4v) is 2.21. The summed E-state index contributed by atoms with van der Waals surface area (Å²) in [5, 5.41) is 3.32. The summed E-state index contributed by atoms with van der Waals surface area (Å²) in [7, 11) is 1.99. The van der Waals surface area contributed by atoms with E-state index in [1.165, 1.54) is 0 Å². The van der Waals surface area contributed by atoms with Crippen LogP contribution in [0.1, 0.15) is 20.8 Å². The van der Waals surface area contributed by atoms with Crippen LogP contribution in [0.25, 0.3) is 0 Å². The maximum Gasteiger partial charge on any atom is 0.236 e. The van der Waals surface area contributed by atoms with Gasteiger partial charge in [-0.3, -0.25) is 9.69 Å². The third-order valence-corrected chi connectivity index (χ3v) is 3.69. The first-order valence-corrected chi connectivity index (χ1v) is 6.90. The standard InChI is InChI=1S/C13H27N3O2/c1-5-16(6-2)13(17)10-15(4)11(3)12-9-14-7-8-18-12/h11-12,14H,5-10H2,1-4H3. The second kappa shape index (κ2) is 7.71. The van der Waals surface area contributed by atoms with Crippen molar-refractivity contribution in [3.63, 3.8) is 0 Å². The number of carbonyl (C=O) groups excluding carboxylic acids is 1. The second-order valence-corrected chi connectivity index (χ2v) is 4.84. The predicted octanol–water partition coefficient (Wildman–Crippen LogP) is 0.164. The number of hydrogen-bond donors (Lipinski definition) is 1. The number of ether oxygens (including phenoxy) is 1. The van der Waals surface area contributed by atoms with Crippen molar-refractivity contribution in [1.29, 1.82) is 0 Å². The highest BCUT2D eigenvalue weighted by atomic mass is 16.5. The number of nitrogens with one attached hydrogen (secondary N) is 1. The quantitative estimate of drug-likeness (QED) is 0.736. The number of morpholine rings is 1. The minimum absolute atomic E-state index is 0.174. The molecule has 5 nitrogen and oxygen atoms in total. The topological polar surface area (TPSA) is 44.8 Å². The van der Waals surface area contributed by atoms with Crippen LogP contribution < -0.4 is 5.32 Å². The zero-order chi connectivity index (χ0) is 13.5. The molecule has 0 aromatic rings. The van der Waals surface area contributed by atoms with Crippen LogP contribution in [0.5, 0.6) is 0 Å². The lowest BCUT2D eigenvalue weighted by Crippen LogP contribution is -2.52. The van der Waals surface area contributed by atoms with Crippen LogP contribution in [0.2, 0.25) is 0 Å². The van der Waals surface area contributed by atoms with E-state index in [0.29, 0.717) is 6.54 Å². The maximum absolute atomic E-state index is 12.0. The molecule has 1 heterocycles. The Morgan fingerprint density at radius 1 is 1.44 bits per heavy atom. The normalized spacial score (nSPS) is 21.9. The van der Waals surface area contributed by atoms with E-state index in [1.54, 1.807) is 0 Å². The molecule has 1 saturated heterocycles. The summed E-state index contributed by atoms with van der Waals surface area (Å²) < 4.78 is 5.73. The lowest BCUT2D eigenvalue weighted by Gasteiger charge is -2.35. The van der Waals surface area contributed by atoms with Gasteiger partial charge in [-0.05, 0) is 27.8 Å². The summed E-state index contributed by atoms with van der Waals surface area (Å²) in [5.41, 5.74) is 0. The number of likely N-dealkylation sites (N-methyl/N-ethyl adjacent to an activating group) is 2. The summed E-state index contributed by atoms with van der Waals surface area (Å²) in [5.74, 6) is 0.193. The van der Waals surface area contributed by atoms with E-state index in [2.05, 4.69) is 17.1 Å². The number of amides is 1. The number of carbonyl (C=O) groups is 1. The monoisotopic (exact) mass is 257 g/mol. The van der Waals surface area contributed by atoms with Gasteiger partial charge in [-0.1, -0.05) is 0 Å². The molecule has 1 fully saturated rings. The first-order valence-electron chi connectivity index (χ1n) is 6.90. The summed E-state index contributed by atoms with van der Waals surface area (Å²) >= 11 is 0. The molecule has 0 aromatic carbocycles. The van der Waals surface area contributed by atoms with Crippen molar-refractivity contribution in [1.82, 2.24) is 15.1 Å². The molecule has 0 saturated carbocycles. The first kappa shape index (κ1) is 15.4. The Kier molecular flexibility index (Phi) is 6.60. The average Bonchev–Trinajstić information content (AvgIpc) is 2.40. The van der Waals surface area contributed by atoms with Gasteiger partial charge in [0.15, 0.2) is 0 Å². The van der Waals surface area contributed by atoms with Crippen molar-refractivity contribution >= 4 is 5.91 Å². The van der Waals surface area contributed by atoms with Crippen molar-refractivity contribution in [2.75, 3.05) is 46.4 Å². The molecule has 106 valence electrons. The van der Waals surface area contributed by atoms with Crippen molar-refractivity contribution in [2.24, 2.45) is 0 Å². The van der Waals surface area contributed by atoms with Crippen LogP contribution in [0.3, 0.4) is 0 Å². The molecule has 0 bridgehead atoms. The summed E-state index contributed by atoms with van der Waals surface area (Å²) in [6, 6.07) is 0.248. The van der Waals surface area contributed by atoms with Gasteiger partial charge >= 0.3 is 0 Å².